The van der Waals surface area contributed by atoms with Gasteiger partial charge in [-0.25, -0.2) is 0 Å². The summed E-state index contributed by atoms with van der Waals surface area (Å²) in [6, 6.07) is 0. The van der Waals surface area contributed by atoms with Gasteiger partial charge in [0.15, 0.2) is 0 Å². The van der Waals surface area contributed by atoms with E-state index in [1.54, 1.807) is 0 Å². The zero-order chi connectivity index (χ0) is 8.97. The molecule has 1 fully saturated rings. The number of nitrogens with zero attached hydrogens (tertiary/aromatic N) is 1. The molecular weight excluding hydrogens is 160 g/mol. The Balaban J connectivity index is 2.45. The molecule has 0 aromatic heterocycles. The van der Waals surface area contributed by atoms with E-state index in [1.165, 1.54) is 4.90 Å². The van der Waals surface area contributed by atoms with Crippen molar-refractivity contribution in [3.63, 3.8) is 0 Å². The summed E-state index contributed by atoms with van der Waals surface area (Å²) in [6.07, 6.45) is 0.650. The molecule has 0 radical (unpaired) electrons. The van der Waals surface area contributed by atoms with Gasteiger partial charge in [-0.1, -0.05) is 0 Å². The number of carbonyl (C=O) groups is 2. The van der Waals surface area contributed by atoms with Crippen molar-refractivity contribution in [2.45, 2.75) is 6.42 Å². The summed E-state index contributed by atoms with van der Waals surface area (Å²) in [6.45, 7) is 0.919. The lowest BCUT2D eigenvalue weighted by Gasteiger charge is -2.24. The molecule has 0 aromatic carbocycles. The van der Waals surface area contributed by atoms with Gasteiger partial charge in [0.25, 0.3) is 11.8 Å². The highest BCUT2D eigenvalue weighted by Gasteiger charge is 2.25. The number of amides is 2. The third-order valence-corrected chi connectivity index (χ3v) is 1.64. The number of morpholine rings is 1. The molecular formula is C7H12N2O3. The van der Waals surface area contributed by atoms with Crippen molar-refractivity contribution in [3.8, 4) is 0 Å². The first-order chi connectivity index (χ1) is 5.75. The summed E-state index contributed by atoms with van der Waals surface area (Å²) in [5.74, 6) is -0.528. The third-order valence-electron chi connectivity index (χ3n) is 1.64. The van der Waals surface area contributed by atoms with Gasteiger partial charge >= 0.3 is 0 Å². The number of hydrogen-bond acceptors (Lipinski definition) is 4. The van der Waals surface area contributed by atoms with Gasteiger partial charge in [-0.05, 0) is 13.0 Å². The van der Waals surface area contributed by atoms with Crippen LogP contribution in [0, 0.1) is 0 Å². The van der Waals surface area contributed by atoms with Gasteiger partial charge in [0.2, 0.25) is 0 Å². The summed E-state index contributed by atoms with van der Waals surface area (Å²) < 4.78 is 4.73. The predicted molar refractivity (Wildman–Crippen MR) is 41.2 cm³/mol. The standard InChI is InChI=1S/C7H12N2O3/c8-2-1-3-9-6(10)4-12-5-7(9)11/h1-5,8H2. The minimum absolute atomic E-state index is 0.0102. The molecule has 1 aliphatic rings. The molecule has 0 unspecified atom stereocenters. The van der Waals surface area contributed by atoms with Crippen LogP contribution in [0.5, 0.6) is 0 Å². The van der Waals surface area contributed by atoms with Crippen LogP contribution in [0.25, 0.3) is 0 Å². The first-order valence-electron chi connectivity index (χ1n) is 3.86. The van der Waals surface area contributed by atoms with Crippen LogP contribution in [-0.2, 0) is 14.3 Å². The molecule has 0 spiro atoms. The minimum atomic E-state index is -0.264. The summed E-state index contributed by atoms with van der Waals surface area (Å²) in [7, 11) is 0. The average Bonchev–Trinajstić information content (AvgIpc) is 2.04. The maximum absolute atomic E-state index is 11.0. The third kappa shape index (κ3) is 2.02. The first-order valence-corrected chi connectivity index (χ1v) is 3.86. The lowest BCUT2D eigenvalue weighted by atomic mass is 10.3. The van der Waals surface area contributed by atoms with E-state index in [1.807, 2.05) is 0 Å². The predicted octanol–water partition coefficient (Wildman–Crippen LogP) is -1.28. The van der Waals surface area contributed by atoms with Crippen molar-refractivity contribution < 1.29 is 14.3 Å². The SMILES string of the molecule is NCCCN1C(=O)COCC1=O. The molecule has 0 saturated carbocycles. The maximum atomic E-state index is 11.0. The van der Waals surface area contributed by atoms with Crippen LogP contribution in [0.2, 0.25) is 0 Å². The van der Waals surface area contributed by atoms with Gasteiger partial charge in [-0.15, -0.1) is 0 Å². The fourth-order valence-corrected chi connectivity index (χ4v) is 1.02. The molecule has 0 aromatic rings. The molecule has 5 heteroatoms. The molecule has 12 heavy (non-hydrogen) atoms. The second-order valence-electron chi connectivity index (χ2n) is 2.57. The van der Waals surface area contributed by atoms with Gasteiger partial charge in [0.05, 0.1) is 0 Å². The molecule has 2 amide bonds. The van der Waals surface area contributed by atoms with Gasteiger partial charge < -0.3 is 10.5 Å². The highest BCUT2D eigenvalue weighted by atomic mass is 16.5. The topological polar surface area (TPSA) is 72.6 Å². The summed E-state index contributed by atoms with van der Waals surface area (Å²) in [4.78, 5) is 23.3. The smallest absolute Gasteiger partial charge is 0.255 e. The monoisotopic (exact) mass is 172 g/mol. The normalized spacial score (nSPS) is 18.6. The van der Waals surface area contributed by atoms with Crippen LogP contribution >= 0.6 is 0 Å². The number of nitrogens with two attached hydrogens (primary N) is 1. The fourth-order valence-electron chi connectivity index (χ4n) is 1.02. The number of ether oxygens (including phenoxy) is 1. The minimum Gasteiger partial charge on any atom is -0.362 e. The Kier molecular flexibility index (Phi) is 3.19. The largest absolute Gasteiger partial charge is 0.362 e. The van der Waals surface area contributed by atoms with Gasteiger partial charge in [-0.3, -0.25) is 14.5 Å². The molecule has 1 heterocycles. The molecule has 1 rings (SSSR count). The molecule has 68 valence electrons. The van der Waals surface area contributed by atoms with E-state index in [0.29, 0.717) is 19.5 Å². The molecule has 1 saturated heterocycles. The van der Waals surface area contributed by atoms with Crippen molar-refractivity contribution in [1.29, 1.82) is 0 Å². The average molecular weight is 172 g/mol. The second kappa shape index (κ2) is 4.18. The number of imide groups is 1. The van der Waals surface area contributed by atoms with Crippen molar-refractivity contribution >= 4 is 11.8 Å². The van der Waals surface area contributed by atoms with Crippen LogP contribution in [0.15, 0.2) is 0 Å². The molecule has 0 aliphatic carbocycles. The summed E-state index contributed by atoms with van der Waals surface area (Å²) in [5, 5.41) is 0. The highest BCUT2D eigenvalue weighted by Crippen LogP contribution is 2.00. The Morgan fingerprint density at radius 1 is 1.33 bits per heavy atom. The van der Waals surface area contributed by atoms with Gasteiger partial charge in [0, 0.05) is 6.54 Å². The number of carbonyl (C=O) groups excluding carboxylic acids is 2. The summed E-state index contributed by atoms with van der Waals surface area (Å²) in [5.41, 5.74) is 5.26. The molecule has 2 N–H and O–H groups in total. The van der Waals surface area contributed by atoms with Crippen LogP contribution in [0.4, 0.5) is 0 Å². The van der Waals surface area contributed by atoms with E-state index >= 15 is 0 Å². The van der Waals surface area contributed by atoms with Crippen LogP contribution < -0.4 is 5.73 Å². The Hall–Kier alpha value is -0.940. The van der Waals surface area contributed by atoms with E-state index in [9.17, 15) is 9.59 Å². The quantitative estimate of drug-likeness (QED) is 0.538. The Bertz CT molecular complexity index is 177. The Morgan fingerprint density at radius 2 is 1.92 bits per heavy atom. The number of hydrogen-bond donors (Lipinski definition) is 1. The van der Waals surface area contributed by atoms with E-state index in [-0.39, 0.29) is 25.0 Å². The van der Waals surface area contributed by atoms with Crippen molar-refractivity contribution in [3.05, 3.63) is 0 Å². The van der Waals surface area contributed by atoms with Gasteiger partial charge in [0.1, 0.15) is 13.2 Å². The van der Waals surface area contributed by atoms with E-state index in [2.05, 4.69) is 0 Å². The first kappa shape index (κ1) is 9.15. The molecule has 5 nitrogen and oxygen atoms in total. The lowest BCUT2D eigenvalue weighted by molar-refractivity contribution is -0.158. The molecule has 0 atom stereocenters. The van der Waals surface area contributed by atoms with E-state index in [4.69, 9.17) is 10.5 Å². The zero-order valence-corrected chi connectivity index (χ0v) is 6.78. The van der Waals surface area contributed by atoms with Crippen molar-refractivity contribution in [2.75, 3.05) is 26.3 Å². The summed E-state index contributed by atoms with van der Waals surface area (Å²) >= 11 is 0. The number of rotatable bonds is 3. The van der Waals surface area contributed by atoms with E-state index < -0.39 is 0 Å². The second-order valence-corrected chi connectivity index (χ2v) is 2.57. The maximum Gasteiger partial charge on any atom is 0.255 e. The van der Waals surface area contributed by atoms with Crippen molar-refractivity contribution in [2.24, 2.45) is 5.73 Å². The van der Waals surface area contributed by atoms with E-state index in [0.717, 1.165) is 0 Å². The Labute approximate surface area is 70.5 Å². The fraction of sp³-hybridized carbons (Fsp3) is 0.714. The van der Waals surface area contributed by atoms with Crippen molar-refractivity contribution in [1.82, 2.24) is 4.90 Å². The lowest BCUT2D eigenvalue weighted by Crippen LogP contribution is -2.46. The molecule has 1 aliphatic heterocycles. The molecule has 0 bridgehead atoms. The van der Waals surface area contributed by atoms with Crippen LogP contribution in [0.1, 0.15) is 6.42 Å². The highest BCUT2D eigenvalue weighted by molar-refractivity contribution is 5.98. The Morgan fingerprint density at radius 3 is 2.42 bits per heavy atom. The van der Waals surface area contributed by atoms with Gasteiger partial charge in [-0.2, -0.15) is 0 Å². The van der Waals surface area contributed by atoms with Crippen LogP contribution in [0.3, 0.4) is 0 Å². The van der Waals surface area contributed by atoms with Crippen LogP contribution in [-0.4, -0.2) is 43.0 Å². The zero-order valence-electron chi connectivity index (χ0n) is 6.78.